The lowest BCUT2D eigenvalue weighted by atomic mass is 10.1. The highest BCUT2D eigenvalue weighted by Crippen LogP contribution is 2.17. The first kappa shape index (κ1) is 13.8. The van der Waals surface area contributed by atoms with Crippen molar-refractivity contribution in [2.45, 2.75) is 25.9 Å². The molecule has 0 saturated heterocycles. The maximum Gasteiger partial charge on any atom is 0.411 e. The summed E-state index contributed by atoms with van der Waals surface area (Å²) in [5.41, 5.74) is 7.55. The van der Waals surface area contributed by atoms with Crippen molar-refractivity contribution < 1.29 is 17.9 Å². The van der Waals surface area contributed by atoms with Gasteiger partial charge in [-0.25, -0.2) is 4.98 Å². The number of rotatable bonds is 5. The van der Waals surface area contributed by atoms with Crippen molar-refractivity contribution >= 4 is 5.82 Å². The van der Waals surface area contributed by atoms with Crippen molar-refractivity contribution in [2.75, 3.05) is 18.9 Å². The average Bonchev–Trinajstić information content (AvgIpc) is 2.20. The molecular weight excluding hydrogens is 233 g/mol. The van der Waals surface area contributed by atoms with Gasteiger partial charge in [0.25, 0.3) is 0 Å². The van der Waals surface area contributed by atoms with E-state index in [9.17, 15) is 13.2 Å². The maximum atomic E-state index is 11.8. The first-order valence-electron chi connectivity index (χ1n) is 5.24. The number of pyridine rings is 1. The summed E-state index contributed by atoms with van der Waals surface area (Å²) in [5, 5.41) is 0. The molecule has 0 aliphatic carbocycles. The molecule has 0 aromatic carbocycles. The Morgan fingerprint density at radius 2 is 2.12 bits per heavy atom. The molecule has 0 radical (unpaired) electrons. The van der Waals surface area contributed by atoms with Crippen molar-refractivity contribution in [3.8, 4) is 0 Å². The van der Waals surface area contributed by atoms with Crippen LogP contribution in [0.2, 0.25) is 0 Å². The molecule has 17 heavy (non-hydrogen) atoms. The second-order valence-electron chi connectivity index (χ2n) is 3.76. The van der Waals surface area contributed by atoms with E-state index in [0.29, 0.717) is 18.7 Å². The lowest BCUT2D eigenvalue weighted by Gasteiger charge is -2.09. The third-order valence-electron chi connectivity index (χ3n) is 2.30. The van der Waals surface area contributed by atoms with E-state index in [4.69, 9.17) is 5.73 Å². The Bertz CT molecular complexity index is 346. The molecule has 0 atom stereocenters. The molecule has 1 aromatic heterocycles. The lowest BCUT2D eigenvalue weighted by molar-refractivity contribution is -0.174. The van der Waals surface area contributed by atoms with Gasteiger partial charge in [-0.1, -0.05) is 0 Å². The standard InChI is InChI=1S/C11H15F3N2O/c1-8-4-5-16-10(15)9(8)3-2-6-17-7-11(12,13)14/h4-5H,2-3,6-7H2,1H3,(H2,15,16). The van der Waals surface area contributed by atoms with E-state index >= 15 is 0 Å². The summed E-state index contributed by atoms with van der Waals surface area (Å²) in [6, 6.07) is 1.82. The smallest absolute Gasteiger partial charge is 0.383 e. The minimum absolute atomic E-state index is 0.0628. The molecule has 0 aliphatic heterocycles. The molecule has 0 amide bonds. The Morgan fingerprint density at radius 3 is 2.71 bits per heavy atom. The zero-order valence-electron chi connectivity index (χ0n) is 9.55. The minimum atomic E-state index is -4.26. The Morgan fingerprint density at radius 1 is 1.41 bits per heavy atom. The zero-order valence-corrected chi connectivity index (χ0v) is 9.55. The van der Waals surface area contributed by atoms with Gasteiger partial charge in [-0.05, 0) is 37.0 Å². The van der Waals surface area contributed by atoms with Crippen LogP contribution in [-0.4, -0.2) is 24.4 Å². The number of nitrogen functional groups attached to an aromatic ring is 1. The fourth-order valence-corrected chi connectivity index (χ4v) is 1.47. The highest BCUT2D eigenvalue weighted by atomic mass is 19.4. The van der Waals surface area contributed by atoms with Crippen LogP contribution in [0.3, 0.4) is 0 Å². The molecule has 0 aliphatic rings. The molecule has 1 rings (SSSR count). The van der Waals surface area contributed by atoms with Gasteiger partial charge in [0, 0.05) is 12.8 Å². The SMILES string of the molecule is Cc1ccnc(N)c1CCCOCC(F)(F)F. The summed E-state index contributed by atoms with van der Waals surface area (Å²) >= 11 is 0. The fourth-order valence-electron chi connectivity index (χ4n) is 1.47. The van der Waals surface area contributed by atoms with Crippen LogP contribution in [0.4, 0.5) is 19.0 Å². The first-order valence-corrected chi connectivity index (χ1v) is 5.24. The summed E-state index contributed by atoms with van der Waals surface area (Å²) in [7, 11) is 0. The molecule has 0 unspecified atom stereocenters. The van der Waals surface area contributed by atoms with Gasteiger partial charge >= 0.3 is 6.18 Å². The van der Waals surface area contributed by atoms with E-state index in [-0.39, 0.29) is 6.61 Å². The number of anilines is 1. The molecule has 6 heteroatoms. The number of halogens is 3. The third kappa shape index (κ3) is 5.04. The van der Waals surface area contributed by atoms with E-state index in [2.05, 4.69) is 9.72 Å². The second-order valence-corrected chi connectivity index (χ2v) is 3.76. The molecule has 1 aromatic rings. The number of ether oxygens (including phenoxy) is 1. The largest absolute Gasteiger partial charge is 0.411 e. The summed E-state index contributed by atoms with van der Waals surface area (Å²) in [4.78, 5) is 3.94. The second kappa shape index (κ2) is 5.86. The molecule has 96 valence electrons. The van der Waals surface area contributed by atoms with Crippen LogP contribution in [0.15, 0.2) is 12.3 Å². The molecule has 1 heterocycles. The Kier molecular flexibility index (Phi) is 4.74. The molecule has 0 saturated carbocycles. The summed E-state index contributed by atoms with van der Waals surface area (Å²) in [6.45, 7) is 0.756. The maximum absolute atomic E-state index is 11.8. The number of nitrogens with zero attached hydrogens (tertiary/aromatic N) is 1. The van der Waals surface area contributed by atoms with Crippen LogP contribution < -0.4 is 5.73 Å². The number of hydrogen-bond donors (Lipinski definition) is 1. The van der Waals surface area contributed by atoms with E-state index in [1.54, 1.807) is 6.20 Å². The zero-order chi connectivity index (χ0) is 12.9. The van der Waals surface area contributed by atoms with Gasteiger partial charge in [0.05, 0.1) is 0 Å². The molecular formula is C11H15F3N2O. The Hall–Kier alpha value is -1.30. The van der Waals surface area contributed by atoms with Gasteiger partial charge in [-0.3, -0.25) is 0 Å². The van der Waals surface area contributed by atoms with Crippen molar-refractivity contribution in [3.05, 3.63) is 23.4 Å². The molecule has 2 N–H and O–H groups in total. The highest BCUT2D eigenvalue weighted by molar-refractivity contribution is 5.43. The van der Waals surface area contributed by atoms with Gasteiger partial charge in [-0.15, -0.1) is 0 Å². The van der Waals surface area contributed by atoms with Gasteiger partial charge < -0.3 is 10.5 Å². The van der Waals surface area contributed by atoms with Crippen LogP contribution in [0, 0.1) is 6.92 Å². The Labute approximate surface area is 97.8 Å². The van der Waals surface area contributed by atoms with Crippen LogP contribution in [0.1, 0.15) is 17.5 Å². The quantitative estimate of drug-likeness (QED) is 0.814. The average molecular weight is 248 g/mol. The van der Waals surface area contributed by atoms with Crippen molar-refractivity contribution in [1.29, 1.82) is 0 Å². The third-order valence-corrected chi connectivity index (χ3v) is 2.30. The van der Waals surface area contributed by atoms with Crippen LogP contribution in [0.25, 0.3) is 0 Å². The molecule has 0 bridgehead atoms. The number of hydrogen-bond acceptors (Lipinski definition) is 3. The molecule has 0 spiro atoms. The van der Waals surface area contributed by atoms with E-state index < -0.39 is 12.8 Å². The van der Waals surface area contributed by atoms with Crippen LogP contribution in [-0.2, 0) is 11.2 Å². The van der Waals surface area contributed by atoms with Gasteiger partial charge in [0.2, 0.25) is 0 Å². The predicted octanol–water partition coefficient (Wildman–Crippen LogP) is 2.48. The number of nitrogens with two attached hydrogens (primary N) is 1. The molecule has 0 fully saturated rings. The van der Waals surface area contributed by atoms with Crippen molar-refractivity contribution in [2.24, 2.45) is 0 Å². The van der Waals surface area contributed by atoms with Gasteiger partial charge in [-0.2, -0.15) is 13.2 Å². The number of aryl methyl sites for hydroxylation is 1. The van der Waals surface area contributed by atoms with E-state index in [1.165, 1.54) is 0 Å². The van der Waals surface area contributed by atoms with Crippen molar-refractivity contribution in [1.82, 2.24) is 4.98 Å². The van der Waals surface area contributed by atoms with Crippen molar-refractivity contribution in [3.63, 3.8) is 0 Å². The van der Waals surface area contributed by atoms with Gasteiger partial charge in [0.1, 0.15) is 12.4 Å². The molecule has 3 nitrogen and oxygen atoms in total. The number of alkyl halides is 3. The Balaban J connectivity index is 2.32. The normalized spacial score (nSPS) is 11.8. The summed E-state index contributed by atoms with van der Waals surface area (Å²) in [5.74, 6) is 0.431. The lowest BCUT2D eigenvalue weighted by Crippen LogP contribution is -2.17. The first-order chi connectivity index (χ1) is 7.90. The number of aromatic nitrogens is 1. The predicted molar refractivity (Wildman–Crippen MR) is 58.6 cm³/mol. The van der Waals surface area contributed by atoms with Gasteiger partial charge in [0.15, 0.2) is 0 Å². The van der Waals surface area contributed by atoms with Crippen LogP contribution >= 0.6 is 0 Å². The fraction of sp³-hybridized carbons (Fsp3) is 0.545. The topological polar surface area (TPSA) is 48.1 Å². The summed E-state index contributed by atoms with van der Waals surface area (Å²) < 4.78 is 39.9. The monoisotopic (exact) mass is 248 g/mol. The van der Waals surface area contributed by atoms with Crippen LogP contribution in [0.5, 0.6) is 0 Å². The highest BCUT2D eigenvalue weighted by Gasteiger charge is 2.27. The summed E-state index contributed by atoms with van der Waals surface area (Å²) in [6.07, 6.45) is -1.59. The van der Waals surface area contributed by atoms with E-state index in [0.717, 1.165) is 11.1 Å². The van der Waals surface area contributed by atoms with E-state index in [1.807, 2.05) is 13.0 Å². The minimum Gasteiger partial charge on any atom is -0.383 e.